The largest absolute Gasteiger partial charge is 0.493 e. The van der Waals surface area contributed by atoms with Gasteiger partial charge in [-0.1, -0.05) is 6.07 Å². The van der Waals surface area contributed by atoms with Crippen LogP contribution in [0.15, 0.2) is 35.7 Å². The van der Waals surface area contributed by atoms with E-state index in [1.54, 1.807) is 25.4 Å². The van der Waals surface area contributed by atoms with Gasteiger partial charge in [-0.25, -0.2) is 0 Å². The first-order chi connectivity index (χ1) is 18.3. The van der Waals surface area contributed by atoms with E-state index in [0.29, 0.717) is 11.8 Å². The molecule has 1 aromatic carbocycles. The van der Waals surface area contributed by atoms with Crippen LogP contribution in [0, 0.1) is 11.8 Å². The maximum absolute atomic E-state index is 14.0. The van der Waals surface area contributed by atoms with Crippen LogP contribution in [0.25, 0.3) is 21.7 Å². The maximum atomic E-state index is 14.0. The molecule has 3 aliphatic rings. The lowest BCUT2D eigenvalue weighted by Gasteiger charge is -2.26. The number of nitrogens with zero attached hydrogens (tertiary/aromatic N) is 2. The van der Waals surface area contributed by atoms with Gasteiger partial charge in [0.05, 0.1) is 18.9 Å². The van der Waals surface area contributed by atoms with Gasteiger partial charge in [-0.3, -0.25) is 9.59 Å². The van der Waals surface area contributed by atoms with E-state index >= 15 is 0 Å². The Labute approximate surface area is 227 Å². The number of carbonyl (C=O) groups is 2. The molecular weight excluding hydrogens is 498 g/mol. The molecule has 1 saturated carbocycles. The standard InChI is InChI=1S/C30H35N3O4S/c1-17(2)37-27-14-23-19(12-26(27)36-4)7-8-33-25(13-24(29(23)33)28-6-5-9-38-28)30(35)32-15-20-10-22(31-18(3)34)11-21(20)16-32/h5-6,9,12-14,17,20-22H,7-8,10-11,15-16H2,1-4H3,(H,31,34)/t20-,21+,22-. The first-order valence-electron chi connectivity index (χ1n) is 13.5. The third kappa shape index (κ3) is 4.38. The van der Waals surface area contributed by atoms with E-state index in [0.717, 1.165) is 77.8 Å². The molecule has 3 aromatic rings. The highest BCUT2D eigenvalue weighted by Gasteiger charge is 2.43. The summed E-state index contributed by atoms with van der Waals surface area (Å²) in [5, 5.41) is 5.16. The number of benzene rings is 1. The van der Waals surface area contributed by atoms with E-state index in [1.807, 2.05) is 18.7 Å². The third-order valence-electron chi connectivity index (χ3n) is 8.16. The molecule has 0 unspecified atom stereocenters. The molecule has 200 valence electrons. The molecule has 0 radical (unpaired) electrons. The van der Waals surface area contributed by atoms with Crippen LogP contribution in [-0.2, 0) is 17.8 Å². The van der Waals surface area contributed by atoms with Crippen LogP contribution in [0.3, 0.4) is 0 Å². The summed E-state index contributed by atoms with van der Waals surface area (Å²) in [6.45, 7) is 7.87. The molecule has 1 saturated heterocycles. The lowest BCUT2D eigenvalue weighted by molar-refractivity contribution is -0.119. The number of hydrogen-bond acceptors (Lipinski definition) is 5. The number of nitrogens with one attached hydrogen (secondary N) is 1. The van der Waals surface area contributed by atoms with E-state index in [9.17, 15) is 9.59 Å². The van der Waals surface area contributed by atoms with Crippen molar-refractivity contribution in [1.82, 2.24) is 14.8 Å². The molecule has 7 nitrogen and oxygen atoms in total. The number of aromatic nitrogens is 1. The molecule has 1 N–H and O–H groups in total. The Hall–Kier alpha value is -3.26. The predicted molar refractivity (Wildman–Crippen MR) is 149 cm³/mol. The zero-order valence-corrected chi connectivity index (χ0v) is 23.3. The lowest BCUT2D eigenvalue weighted by Crippen LogP contribution is -2.35. The van der Waals surface area contributed by atoms with Crippen LogP contribution in [-0.4, -0.2) is 53.6 Å². The van der Waals surface area contributed by atoms with Crippen molar-refractivity contribution in [2.75, 3.05) is 20.2 Å². The molecule has 2 aliphatic heterocycles. The van der Waals surface area contributed by atoms with Crippen LogP contribution in [0.2, 0.25) is 0 Å². The molecule has 2 fully saturated rings. The first-order valence-corrected chi connectivity index (χ1v) is 14.4. The number of likely N-dealkylation sites (tertiary alicyclic amines) is 1. The normalized spacial score (nSPS) is 21.7. The van der Waals surface area contributed by atoms with Gasteiger partial charge in [-0.15, -0.1) is 11.3 Å². The van der Waals surface area contributed by atoms with Gasteiger partial charge in [0, 0.05) is 48.6 Å². The van der Waals surface area contributed by atoms with Crippen molar-refractivity contribution < 1.29 is 19.1 Å². The predicted octanol–water partition coefficient (Wildman–Crippen LogP) is 5.22. The Balaban J connectivity index is 1.36. The van der Waals surface area contributed by atoms with Crippen LogP contribution >= 0.6 is 11.3 Å². The smallest absolute Gasteiger partial charge is 0.270 e. The van der Waals surface area contributed by atoms with Crippen molar-refractivity contribution in [3.8, 4) is 33.2 Å². The monoisotopic (exact) mass is 533 g/mol. The number of carbonyl (C=O) groups excluding carboxylic acids is 2. The van der Waals surface area contributed by atoms with Crippen LogP contribution in [0.5, 0.6) is 11.5 Å². The van der Waals surface area contributed by atoms with Gasteiger partial charge in [0.25, 0.3) is 5.91 Å². The maximum Gasteiger partial charge on any atom is 0.270 e. The number of hydrogen-bond donors (Lipinski definition) is 1. The molecule has 6 rings (SSSR count). The summed E-state index contributed by atoms with van der Waals surface area (Å²) in [6, 6.07) is 10.7. The van der Waals surface area contributed by atoms with E-state index in [-0.39, 0.29) is 24.0 Å². The van der Waals surface area contributed by atoms with Crippen molar-refractivity contribution in [1.29, 1.82) is 0 Å². The van der Waals surface area contributed by atoms with Gasteiger partial charge in [-0.05, 0) is 80.2 Å². The van der Waals surface area contributed by atoms with Crippen LogP contribution in [0.1, 0.15) is 49.7 Å². The number of aryl methyl sites for hydroxylation is 1. The summed E-state index contributed by atoms with van der Waals surface area (Å²) >= 11 is 1.69. The van der Waals surface area contributed by atoms with Gasteiger partial charge in [0.2, 0.25) is 5.91 Å². The summed E-state index contributed by atoms with van der Waals surface area (Å²) < 4.78 is 14.0. The van der Waals surface area contributed by atoms with E-state index in [1.165, 1.54) is 5.56 Å². The molecule has 3 atom stereocenters. The molecule has 8 heteroatoms. The van der Waals surface area contributed by atoms with Crippen LogP contribution in [0.4, 0.5) is 0 Å². The molecular formula is C30H35N3O4S. The van der Waals surface area contributed by atoms with Gasteiger partial charge >= 0.3 is 0 Å². The van der Waals surface area contributed by atoms with Crippen molar-refractivity contribution in [2.24, 2.45) is 11.8 Å². The minimum absolute atomic E-state index is 0.0195. The summed E-state index contributed by atoms with van der Waals surface area (Å²) in [7, 11) is 1.68. The Morgan fingerprint density at radius 2 is 1.84 bits per heavy atom. The highest BCUT2D eigenvalue weighted by molar-refractivity contribution is 7.13. The van der Waals surface area contributed by atoms with Crippen molar-refractivity contribution in [2.45, 2.75) is 58.7 Å². The molecule has 2 aromatic heterocycles. The topological polar surface area (TPSA) is 72.8 Å². The Morgan fingerprint density at radius 1 is 1.08 bits per heavy atom. The van der Waals surface area contributed by atoms with E-state index in [2.05, 4.69) is 45.6 Å². The number of rotatable bonds is 6. The molecule has 38 heavy (non-hydrogen) atoms. The van der Waals surface area contributed by atoms with E-state index < -0.39 is 0 Å². The minimum atomic E-state index is 0.0195. The average Bonchev–Trinajstić information content (AvgIpc) is 3.65. The third-order valence-corrected chi connectivity index (χ3v) is 9.06. The summed E-state index contributed by atoms with van der Waals surface area (Å²) in [6.07, 6.45) is 2.75. The number of fused-ring (bicyclic) bond motifs is 4. The number of thiophene rings is 1. The second-order valence-corrected chi connectivity index (χ2v) is 12.0. The average molecular weight is 534 g/mol. The van der Waals surface area contributed by atoms with E-state index in [4.69, 9.17) is 9.47 Å². The minimum Gasteiger partial charge on any atom is -0.493 e. The fourth-order valence-corrected chi connectivity index (χ4v) is 7.41. The van der Waals surface area contributed by atoms with Crippen molar-refractivity contribution >= 4 is 23.2 Å². The Morgan fingerprint density at radius 3 is 2.47 bits per heavy atom. The van der Waals surface area contributed by atoms with Gasteiger partial charge in [0.15, 0.2) is 11.5 Å². The quantitative estimate of drug-likeness (QED) is 0.472. The summed E-state index contributed by atoms with van der Waals surface area (Å²) in [4.78, 5) is 28.7. The number of methoxy groups -OCH3 is 1. The Kier molecular flexibility index (Phi) is 6.46. The lowest BCUT2D eigenvalue weighted by atomic mass is 9.95. The zero-order valence-electron chi connectivity index (χ0n) is 22.5. The molecule has 0 spiro atoms. The van der Waals surface area contributed by atoms with Crippen molar-refractivity contribution in [3.05, 3.63) is 47.0 Å². The molecule has 1 aliphatic carbocycles. The SMILES string of the molecule is COc1cc2c(cc1OC(C)C)-c1c(-c3cccs3)cc(C(=O)N3C[C@H]4C[C@@H](NC(C)=O)C[C@H]4C3)n1CC2. The van der Waals surface area contributed by atoms with Crippen molar-refractivity contribution in [3.63, 3.8) is 0 Å². The summed E-state index contributed by atoms with van der Waals surface area (Å²) in [5.41, 5.74) is 5.25. The zero-order chi connectivity index (χ0) is 26.6. The van der Waals surface area contributed by atoms with Gasteiger partial charge in [0.1, 0.15) is 5.69 Å². The second kappa shape index (κ2) is 9.80. The van der Waals surface area contributed by atoms with Gasteiger partial charge in [-0.2, -0.15) is 0 Å². The fraction of sp³-hybridized carbons (Fsp3) is 0.467. The highest BCUT2D eigenvalue weighted by atomic mass is 32.1. The van der Waals surface area contributed by atoms with Gasteiger partial charge < -0.3 is 24.3 Å². The Bertz CT molecular complexity index is 1360. The molecule has 0 bridgehead atoms. The summed E-state index contributed by atoms with van der Waals surface area (Å²) in [5.74, 6) is 2.51. The number of amides is 2. The second-order valence-electron chi connectivity index (χ2n) is 11.1. The molecule has 4 heterocycles. The number of ether oxygens (including phenoxy) is 2. The fourth-order valence-electron chi connectivity index (χ4n) is 6.67. The highest BCUT2D eigenvalue weighted by Crippen LogP contribution is 2.46. The van der Waals surface area contributed by atoms with Crippen LogP contribution < -0.4 is 14.8 Å². The first kappa shape index (κ1) is 25.0. The molecule has 2 amide bonds.